The van der Waals surface area contributed by atoms with Gasteiger partial charge in [0.2, 0.25) is 11.6 Å². The van der Waals surface area contributed by atoms with Crippen molar-refractivity contribution in [3.63, 3.8) is 0 Å². The third-order valence-corrected chi connectivity index (χ3v) is 4.40. The van der Waals surface area contributed by atoms with Gasteiger partial charge in [-0.3, -0.25) is 19.2 Å². The molecule has 1 aliphatic carbocycles. The second kappa shape index (κ2) is 9.21. The number of pyridine rings is 2. The van der Waals surface area contributed by atoms with E-state index in [1.54, 1.807) is 12.1 Å². The number of aromatic nitrogens is 2. The molecule has 2 aromatic heterocycles. The molecule has 0 unspecified atom stereocenters. The maximum atomic E-state index is 12.8. The molecule has 0 amide bonds. The van der Waals surface area contributed by atoms with Crippen molar-refractivity contribution in [1.29, 1.82) is 0 Å². The van der Waals surface area contributed by atoms with E-state index in [2.05, 4.69) is 0 Å². The molecule has 0 radical (unpaired) electrons. The topological polar surface area (TPSA) is 141 Å². The molecule has 164 valence electrons. The lowest BCUT2D eigenvalue weighted by molar-refractivity contribution is -0.588. The number of esters is 2. The van der Waals surface area contributed by atoms with Crippen LogP contribution in [0.5, 0.6) is 0 Å². The predicted molar refractivity (Wildman–Crippen MR) is 101 cm³/mol. The van der Waals surface area contributed by atoms with Crippen molar-refractivity contribution in [3.05, 3.63) is 71.7 Å². The van der Waals surface area contributed by atoms with Crippen molar-refractivity contribution in [2.75, 3.05) is 0 Å². The highest BCUT2D eigenvalue weighted by atomic mass is 16.5. The fraction of sp³-hybridized carbons (Fsp3) is 0.182. The quantitative estimate of drug-likeness (QED) is 0.295. The molecule has 2 aromatic rings. The molecule has 0 aliphatic heterocycles. The molecule has 0 saturated carbocycles. The Bertz CT molecular complexity index is 1100. The summed E-state index contributed by atoms with van der Waals surface area (Å²) < 4.78 is 11.9. The van der Waals surface area contributed by atoms with Crippen LogP contribution in [-0.2, 0) is 41.9 Å². The summed E-state index contributed by atoms with van der Waals surface area (Å²) in [5.41, 5.74) is -0.355. The Morgan fingerprint density at radius 1 is 0.781 bits per heavy atom. The van der Waals surface area contributed by atoms with Gasteiger partial charge in [-0.25, -0.2) is 0 Å². The SMILES string of the molecule is CC(=O)OCc1ccc[n+](C2=C([O-])C(=O)C([n+]3cccc(COC(C)=O)c3)=C([O-])C2=O)c1. The third-order valence-electron chi connectivity index (χ3n) is 4.40. The maximum Gasteiger partial charge on any atom is 0.302 e. The Hall–Kier alpha value is -4.34. The van der Waals surface area contributed by atoms with Crippen molar-refractivity contribution < 1.29 is 48.0 Å². The van der Waals surface area contributed by atoms with E-state index in [4.69, 9.17) is 9.47 Å². The largest absolute Gasteiger partial charge is 0.865 e. The number of Topliss-reactive ketones (excluding diaryl/α,β-unsaturated/α-hetero) is 2. The molecule has 0 atom stereocenters. The van der Waals surface area contributed by atoms with Crippen LogP contribution in [0, 0.1) is 0 Å². The van der Waals surface area contributed by atoms with Gasteiger partial charge in [0.15, 0.2) is 24.8 Å². The third kappa shape index (κ3) is 4.69. The first kappa shape index (κ1) is 22.3. The Balaban J connectivity index is 1.97. The lowest BCUT2D eigenvalue weighted by Crippen LogP contribution is -2.50. The van der Waals surface area contributed by atoms with Crippen LogP contribution in [0.3, 0.4) is 0 Å². The number of carbonyl (C=O) groups is 4. The number of rotatable bonds is 6. The zero-order chi connectivity index (χ0) is 23.4. The van der Waals surface area contributed by atoms with Crippen LogP contribution < -0.4 is 19.3 Å². The lowest BCUT2D eigenvalue weighted by Gasteiger charge is -2.22. The fourth-order valence-electron chi connectivity index (χ4n) is 2.97. The molecule has 0 bridgehead atoms. The van der Waals surface area contributed by atoms with Crippen LogP contribution in [0.15, 0.2) is 60.6 Å². The van der Waals surface area contributed by atoms with Crippen LogP contribution in [0.25, 0.3) is 11.4 Å². The lowest BCUT2D eigenvalue weighted by atomic mass is 10.0. The minimum Gasteiger partial charge on any atom is -0.865 e. The molecule has 0 N–H and O–H groups in total. The van der Waals surface area contributed by atoms with Crippen molar-refractivity contribution in [3.8, 4) is 0 Å². The zero-order valence-corrected chi connectivity index (χ0v) is 17.2. The number of hydrogen-bond donors (Lipinski definition) is 0. The Morgan fingerprint density at radius 3 is 1.50 bits per heavy atom. The first-order valence-corrected chi connectivity index (χ1v) is 9.39. The van der Waals surface area contributed by atoms with E-state index in [9.17, 15) is 29.4 Å². The van der Waals surface area contributed by atoms with Crippen LogP contribution in [0.4, 0.5) is 0 Å². The molecule has 0 fully saturated rings. The fourth-order valence-corrected chi connectivity index (χ4v) is 2.97. The van der Waals surface area contributed by atoms with Crippen molar-refractivity contribution in [2.45, 2.75) is 27.1 Å². The number of ketones is 2. The number of nitrogens with zero attached hydrogens (tertiary/aromatic N) is 2. The minimum atomic E-state index is -1.16. The van der Waals surface area contributed by atoms with E-state index in [0.29, 0.717) is 11.1 Å². The van der Waals surface area contributed by atoms with E-state index in [0.717, 1.165) is 9.13 Å². The number of allylic oxidation sites excluding steroid dienone is 2. The van der Waals surface area contributed by atoms with Gasteiger partial charge < -0.3 is 19.7 Å². The summed E-state index contributed by atoms with van der Waals surface area (Å²) >= 11 is 0. The molecule has 0 spiro atoms. The zero-order valence-electron chi connectivity index (χ0n) is 17.2. The van der Waals surface area contributed by atoms with Gasteiger partial charge in [0, 0.05) is 37.5 Å². The van der Waals surface area contributed by atoms with Crippen LogP contribution in [0.1, 0.15) is 25.0 Å². The number of ether oxygens (including phenoxy) is 2. The summed E-state index contributed by atoms with van der Waals surface area (Å²) in [6, 6.07) is 6.13. The van der Waals surface area contributed by atoms with Crippen LogP contribution in [0.2, 0.25) is 0 Å². The van der Waals surface area contributed by atoms with Crippen molar-refractivity contribution in [2.24, 2.45) is 0 Å². The minimum absolute atomic E-state index is 0.115. The molecular weight excluding hydrogens is 420 g/mol. The highest BCUT2D eigenvalue weighted by Crippen LogP contribution is 2.19. The van der Waals surface area contributed by atoms with E-state index in [1.807, 2.05) is 0 Å². The smallest absolute Gasteiger partial charge is 0.302 e. The molecule has 3 rings (SSSR count). The Morgan fingerprint density at radius 2 is 1.16 bits per heavy atom. The van der Waals surface area contributed by atoms with Crippen molar-refractivity contribution in [1.82, 2.24) is 0 Å². The molecule has 10 heteroatoms. The summed E-state index contributed by atoms with van der Waals surface area (Å²) in [7, 11) is 0. The number of hydrogen-bond acceptors (Lipinski definition) is 8. The van der Waals surface area contributed by atoms with Crippen LogP contribution in [-0.4, -0.2) is 23.5 Å². The average molecular weight is 438 g/mol. The summed E-state index contributed by atoms with van der Waals surface area (Å²) in [6.07, 6.45) is 5.32. The van der Waals surface area contributed by atoms with E-state index < -0.39 is 46.4 Å². The molecule has 0 aromatic carbocycles. The molecular formula is C22H18N2O8. The number of carbonyl (C=O) groups excluding carboxylic acids is 4. The van der Waals surface area contributed by atoms with Gasteiger partial charge in [0.1, 0.15) is 13.2 Å². The highest BCUT2D eigenvalue weighted by molar-refractivity contribution is 6.38. The van der Waals surface area contributed by atoms with Gasteiger partial charge in [0.25, 0.3) is 11.4 Å². The Kier molecular flexibility index (Phi) is 6.43. The molecule has 2 heterocycles. The average Bonchev–Trinajstić information content (AvgIpc) is 2.76. The Labute approximate surface area is 182 Å². The van der Waals surface area contributed by atoms with Gasteiger partial charge in [0.05, 0.1) is 11.1 Å². The molecule has 1 aliphatic rings. The van der Waals surface area contributed by atoms with Crippen molar-refractivity contribution >= 4 is 34.9 Å². The first-order chi connectivity index (χ1) is 15.2. The van der Waals surface area contributed by atoms with Gasteiger partial charge in [-0.05, 0) is 12.1 Å². The van der Waals surface area contributed by atoms with Gasteiger partial charge in [-0.15, -0.1) is 0 Å². The van der Waals surface area contributed by atoms with E-state index in [-0.39, 0.29) is 13.2 Å². The van der Waals surface area contributed by atoms with Gasteiger partial charge in [-0.1, -0.05) is 0 Å². The summed E-state index contributed by atoms with van der Waals surface area (Å²) in [5, 5.41) is 25.5. The van der Waals surface area contributed by atoms with Gasteiger partial charge in [-0.2, -0.15) is 9.13 Å². The first-order valence-electron chi connectivity index (χ1n) is 9.39. The molecule has 32 heavy (non-hydrogen) atoms. The molecule has 10 nitrogen and oxygen atoms in total. The maximum absolute atomic E-state index is 12.8. The molecule has 0 saturated heterocycles. The van der Waals surface area contributed by atoms with E-state index >= 15 is 0 Å². The monoisotopic (exact) mass is 438 g/mol. The summed E-state index contributed by atoms with van der Waals surface area (Å²) in [4.78, 5) is 47.5. The highest BCUT2D eigenvalue weighted by Gasteiger charge is 2.37. The normalized spacial score (nSPS) is 13.9. The summed E-state index contributed by atoms with van der Waals surface area (Å²) in [6.45, 7) is 2.23. The second-order valence-corrected chi connectivity index (χ2v) is 6.81. The van der Waals surface area contributed by atoms with E-state index in [1.165, 1.54) is 50.8 Å². The standard InChI is InChI=1S/C22H18N2O8/c1-13(25)31-11-15-5-3-7-23(9-15)17-19(27)21(29)18(22(30)20(17)28)24-8-4-6-16(10-24)12-32-14(2)26/h3-10H,11-12H2,1-2H3. The van der Waals surface area contributed by atoms with Crippen LogP contribution >= 0.6 is 0 Å². The predicted octanol–water partition coefficient (Wildman–Crippen LogP) is -1.70. The second-order valence-electron chi connectivity index (χ2n) is 6.81. The van der Waals surface area contributed by atoms with Gasteiger partial charge >= 0.3 is 11.9 Å². The summed E-state index contributed by atoms with van der Waals surface area (Å²) in [5.74, 6) is -5.66.